The lowest BCUT2D eigenvalue weighted by Crippen LogP contribution is -2.22. The molecule has 0 heterocycles. The zero-order valence-corrected chi connectivity index (χ0v) is 15.1. The highest BCUT2D eigenvalue weighted by atomic mass is 127. The van der Waals surface area contributed by atoms with Gasteiger partial charge in [0.2, 0.25) is 5.75 Å². The minimum atomic E-state index is -0.183. The number of hydrogen-bond acceptors (Lipinski definition) is 4. The van der Waals surface area contributed by atoms with Gasteiger partial charge in [0.05, 0.1) is 0 Å². The third-order valence-electron chi connectivity index (χ3n) is 1.86. The van der Waals surface area contributed by atoms with Gasteiger partial charge in [0.15, 0.2) is 80.5 Å². The molecule has 0 saturated heterocycles. The Hall–Kier alpha value is 0.280. The van der Waals surface area contributed by atoms with Gasteiger partial charge < -0.3 is 14.5 Å². The predicted molar refractivity (Wildman–Crippen MR) is 88.4 cm³/mol. The molecule has 8 heteroatoms. The molecule has 0 aromatic heterocycles. The molecule has 0 atom stereocenters. The molecule has 0 aliphatic carbocycles. The summed E-state index contributed by atoms with van der Waals surface area (Å²) < 4.78 is 15.4. The Kier molecular flexibility index (Phi) is 6.91. The van der Waals surface area contributed by atoms with Gasteiger partial charge in [-0.25, -0.2) is 0 Å². The SMILES string of the molecule is CCNC(=O)c1cc(OI)c(OI)c(OI)c1. The molecule has 0 bridgehead atoms. The van der Waals surface area contributed by atoms with E-state index in [2.05, 4.69) is 5.32 Å². The number of halogens is 3. The van der Waals surface area contributed by atoms with E-state index in [0.717, 1.165) is 0 Å². The van der Waals surface area contributed by atoms with Crippen LogP contribution in [0.2, 0.25) is 0 Å². The summed E-state index contributed by atoms with van der Waals surface area (Å²) in [7, 11) is 0. The van der Waals surface area contributed by atoms with E-state index in [9.17, 15) is 4.79 Å². The highest BCUT2D eigenvalue weighted by Gasteiger charge is 2.17. The Labute approximate surface area is 141 Å². The second kappa shape index (κ2) is 7.66. The lowest BCUT2D eigenvalue weighted by Gasteiger charge is -2.10. The molecule has 5 nitrogen and oxygen atoms in total. The standard InChI is InChI=1S/C9H8I3NO4/c1-2-13-9(14)5-3-6(15-10)8(17-12)7(4-5)16-11/h3-4H,2H2,1H3,(H,13,14). The van der Waals surface area contributed by atoms with Crippen molar-refractivity contribution < 1.29 is 14.0 Å². The van der Waals surface area contributed by atoms with Crippen LogP contribution in [0.1, 0.15) is 17.3 Å². The van der Waals surface area contributed by atoms with E-state index in [0.29, 0.717) is 29.4 Å². The first-order chi connectivity index (χ1) is 8.17. The Morgan fingerprint density at radius 2 is 1.71 bits per heavy atom. The first-order valence-electron chi connectivity index (χ1n) is 4.49. The van der Waals surface area contributed by atoms with Crippen molar-refractivity contribution in [1.29, 1.82) is 0 Å². The van der Waals surface area contributed by atoms with Crippen LogP contribution in [0.4, 0.5) is 0 Å². The van der Waals surface area contributed by atoms with Gasteiger partial charge in [-0.3, -0.25) is 4.79 Å². The molecule has 0 aliphatic rings. The number of rotatable bonds is 5. The van der Waals surface area contributed by atoms with E-state index in [1.165, 1.54) is 0 Å². The summed E-state index contributed by atoms with van der Waals surface area (Å²) in [6.45, 7) is 2.41. The number of carbonyl (C=O) groups is 1. The highest BCUT2D eigenvalue weighted by molar-refractivity contribution is 14.1. The third-order valence-corrected chi connectivity index (χ3v) is 3.25. The second-order valence-corrected chi connectivity index (χ2v) is 4.21. The largest absolute Gasteiger partial charge is 0.423 e. The number of amides is 1. The van der Waals surface area contributed by atoms with Gasteiger partial charge in [-0.15, -0.1) is 0 Å². The Bertz CT molecular complexity index is 388. The average molecular weight is 575 g/mol. The topological polar surface area (TPSA) is 56.8 Å². The summed E-state index contributed by atoms with van der Waals surface area (Å²) in [5.41, 5.74) is 0.461. The van der Waals surface area contributed by atoms with Crippen molar-refractivity contribution in [2.45, 2.75) is 6.92 Å². The molecule has 1 aromatic carbocycles. The summed E-state index contributed by atoms with van der Waals surface area (Å²) in [5, 5.41) is 2.70. The molecule has 17 heavy (non-hydrogen) atoms. The Morgan fingerprint density at radius 3 is 2.06 bits per heavy atom. The molecule has 0 radical (unpaired) electrons. The number of carbonyl (C=O) groups excluding carboxylic acids is 1. The molecule has 1 amide bonds. The fourth-order valence-electron chi connectivity index (χ4n) is 1.16. The van der Waals surface area contributed by atoms with Crippen LogP contribution in [0.15, 0.2) is 12.1 Å². The van der Waals surface area contributed by atoms with Gasteiger partial charge in [-0.2, -0.15) is 0 Å². The molecule has 1 N–H and O–H groups in total. The van der Waals surface area contributed by atoms with Gasteiger partial charge in [-0.05, 0) is 19.1 Å². The van der Waals surface area contributed by atoms with E-state index in [1.807, 2.05) is 6.92 Å². The fraction of sp³-hybridized carbons (Fsp3) is 0.222. The maximum atomic E-state index is 11.7. The van der Waals surface area contributed by atoms with Gasteiger partial charge in [0.1, 0.15) is 0 Å². The molecule has 0 spiro atoms. The van der Waals surface area contributed by atoms with Crippen LogP contribution in [-0.2, 0) is 0 Å². The second-order valence-electron chi connectivity index (χ2n) is 2.89. The summed E-state index contributed by atoms with van der Waals surface area (Å²) in [5.74, 6) is 1.14. The van der Waals surface area contributed by atoms with E-state index >= 15 is 0 Å². The lowest BCUT2D eigenvalue weighted by molar-refractivity contribution is 0.0955. The van der Waals surface area contributed by atoms with Crippen LogP contribution in [0.25, 0.3) is 0 Å². The molecule has 0 fully saturated rings. The molecular weight excluding hydrogens is 567 g/mol. The van der Waals surface area contributed by atoms with Crippen molar-refractivity contribution in [3.63, 3.8) is 0 Å². The molecule has 0 saturated carbocycles. The predicted octanol–water partition coefficient (Wildman–Crippen LogP) is 3.62. The minimum absolute atomic E-state index is 0.183. The van der Waals surface area contributed by atoms with Gasteiger partial charge in [0.25, 0.3) is 5.91 Å². The molecule has 0 unspecified atom stereocenters. The molecule has 94 valence electrons. The van der Waals surface area contributed by atoms with Crippen molar-refractivity contribution in [1.82, 2.24) is 5.32 Å². The van der Waals surface area contributed by atoms with Crippen molar-refractivity contribution >= 4 is 74.9 Å². The normalized spacial score (nSPS) is 9.65. The van der Waals surface area contributed by atoms with E-state index in [4.69, 9.17) is 9.20 Å². The van der Waals surface area contributed by atoms with Crippen molar-refractivity contribution in [2.75, 3.05) is 6.54 Å². The van der Waals surface area contributed by atoms with Gasteiger partial charge >= 0.3 is 0 Å². The van der Waals surface area contributed by atoms with E-state index < -0.39 is 0 Å². The van der Waals surface area contributed by atoms with Crippen molar-refractivity contribution in [3.8, 4) is 17.2 Å². The van der Waals surface area contributed by atoms with Crippen LogP contribution in [0, 0.1) is 0 Å². The summed E-state index contributed by atoms with van der Waals surface area (Å²) >= 11 is 5.18. The first-order valence-corrected chi connectivity index (χ1v) is 7.14. The summed E-state index contributed by atoms with van der Waals surface area (Å²) in [6, 6.07) is 3.20. The number of benzene rings is 1. The zero-order chi connectivity index (χ0) is 12.8. The monoisotopic (exact) mass is 575 g/mol. The molecular formula is C9H8I3NO4. The number of nitrogens with one attached hydrogen (secondary N) is 1. The third kappa shape index (κ3) is 3.87. The van der Waals surface area contributed by atoms with Crippen LogP contribution in [0.3, 0.4) is 0 Å². The maximum Gasteiger partial charge on any atom is 0.251 e. The minimum Gasteiger partial charge on any atom is -0.423 e. The summed E-state index contributed by atoms with van der Waals surface area (Å²) in [4.78, 5) is 11.7. The Balaban J connectivity index is 3.22. The molecule has 1 aromatic rings. The van der Waals surface area contributed by atoms with Crippen molar-refractivity contribution in [2.24, 2.45) is 0 Å². The molecule has 1 rings (SSSR count). The van der Waals surface area contributed by atoms with Gasteiger partial charge in [-0.1, -0.05) is 0 Å². The van der Waals surface area contributed by atoms with Crippen LogP contribution in [-0.4, -0.2) is 12.5 Å². The number of hydrogen-bond donors (Lipinski definition) is 1. The average Bonchev–Trinajstić information content (AvgIpc) is 2.37. The van der Waals surface area contributed by atoms with Crippen LogP contribution in [0.5, 0.6) is 17.2 Å². The molecule has 0 aliphatic heterocycles. The summed E-state index contributed by atoms with van der Waals surface area (Å²) in [6.07, 6.45) is 0. The Morgan fingerprint density at radius 1 is 1.18 bits per heavy atom. The van der Waals surface area contributed by atoms with E-state index in [1.54, 1.807) is 81.2 Å². The first kappa shape index (κ1) is 15.3. The van der Waals surface area contributed by atoms with Crippen molar-refractivity contribution in [3.05, 3.63) is 17.7 Å². The van der Waals surface area contributed by atoms with Gasteiger partial charge in [0, 0.05) is 12.1 Å². The van der Waals surface area contributed by atoms with E-state index in [-0.39, 0.29) is 5.91 Å². The van der Waals surface area contributed by atoms with Crippen LogP contribution < -0.4 is 14.5 Å². The fourth-order valence-corrected chi connectivity index (χ4v) is 2.25. The highest BCUT2D eigenvalue weighted by Crippen LogP contribution is 2.41. The van der Waals surface area contributed by atoms with Crippen LogP contribution >= 0.6 is 69.0 Å². The lowest BCUT2D eigenvalue weighted by atomic mass is 10.1. The quantitative estimate of drug-likeness (QED) is 0.546. The maximum absolute atomic E-state index is 11.7. The smallest absolute Gasteiger partial charge is 0.251 e. The zero-order valence-electron chi connectivity index (χ0n) is 8.63.